The van der Waals surface area contributed by atoms with Crippen LogP contribution in [0.1, 0.15) is 30.7 Å². The molecule has 1 aromatic rings. The van der Waals surface area contributed by atoms with Gasteiger partial charge in [0.25, 0.3) is 0 Å². The van der Waals surface area contributed by atoms with E-state index in [0.29, 0.717) is 11.8 Å². The summed E-state index contributed by atoms with van der Waals surface area (Å²) in [4.78, 5) is 11.4. The van der Waals surface area contributed by atoms with E-state index in [1.807, 2.05) is 18.2 Å². The van der Waals surface area contributed by atoms with Crippen LogP contribution in [0.3, 0.4) is 0 Å². The van der Waals surface area contributed by atoms with Crippen molar-refractivity contribution in [2.24, 2.45) is 17.8 Å². The van der Waals surface area contributed by atoms with Crippen molar-refractivity contribution < 1.29 is 9.90 Å². The first-order valence-corrected chi connectivity index (χ1v) is 6.05. The highest BCUT2D eigenvalue weighted by Crippen LogP contribution is 2.56. The van der Waals surface area contributed by atoms with Gasteiger partial charge in [-0.3, -0.25) is 4.79 Å². The minimum atomic E-state index is -0.596. The Hall–Kier alpha value is -1.31. The SMILES string of the molecule is O=C(O)C1C2CCC(C2)C1c1ccccc1. The van der Waals surface area contributed by atoms with Crippen LogP contribution >= 0.6 is 0 Å². The highest BCUT2D eigenvalue weighted by Gasteiger charge is 2.51. The number of carboxylic acid groups (broad SMARTS) is 1. The molecule has 0 aliphatic heterocycles. The summed E-state index contributed by atoms with van der Waals surface area (Å²) >= 11 is 0. The molecule has 0 saturated heterocycles. The lowest BCUT2D eigenvalue weighted by Crippen LogP contribution is -2.27. The highest BCUT2D eigenvalue weighted by atomic mass is 16.4. The van der Waals surface area contributed by atoms with E-state index in [1.54, 1.807) is 0 Å². The number of aliphatic carboxylic acids is 1. The van der Waals surface area contributed by atoms with Crippen molar-refractivity contribution in [3.8, 4) is 0 Å². The smallest absolute Gasteiger partial charge is 0.307 e. The molecule has 4 unspecified atom stereocenters. The minimum absolute atomic E-state index is 0.138. The Morgan fingerprint density at radius 2 is 1.81 bits per heavy atom. The van der Waals surface area contributed by atoms with Gasteiger partial charge >= 0.3 is 5.97 Å². The van der Waals surface area contributed by atoms with Crippen molar-refractivity contribution in [2.75, 3.05) is 0 Å². The van der Waals surface area contributed by atoms with Crippen LogP contribution in [0.15, 0.2) is 30.3 Å². The molecular formula is C14H16O2. The lowest BCUT2D eigenvalue weighted by Gasteiger charge is -2.28. The Kier molecular flexibility index (Phi) is 2.23. The van der Waals surface area contributed by atoms with Crippen LogP contribution in [0, 0.1) is 17.8 Å². The third kappa shape index (κ3) is 1.36. The van der Waals surface area contributed by atoms with Gasteiger partial charge in [-0.05, 0) is 36.7 Å². The van der Waals surface area contributed by atoms with Crippen molar-refractivity contribution in [1.82, 2.24) is 0 Å². The van der Waals surface area contributed by atoms with E-state index in [0.717, 1.165) is 12.8 Å². The second-order valence-electron chi connectivity index (χ2n) is 5.13. The number of rotatable bonds is 2. The topological polar surface area (TPSA) is 37.3 Å². The Bertz CT molecular complexity index is 398. The van der Waals surface area contributed by atoms with E-state index < -0.39 is 5.97 Å². The van der Waals surface area contributed by atoms with Gasteiger partial charge in [0.2, 0.25) is 0 Å². The maximum Gasteiger partial charge on any atom is 0.307 e. The summed E-state index contributed by atoms with van der Waals surface area (Å²) in [5, 5.41) is 9.37. The zero-order valence-electron chi connectivity index (χ0n) is 9.17. The van der Waals surface area contributed by atoms with Crippen LogP contribution in [0.5, 0.6) is 0 Å². The Balaban J connectivity index is 1.97. The molecule has 2 heteroatoms. The van der Waals surface area contributed by atoms with Gasteiger partial charge in [0, 0.05) is 5.92 Å². The standard InChI is InChI=1S/C14H16O2/c15-14(16)13-11-7-6-10(8-11)12(13)9-4-2-1-3-5-9/h1-5,10-13H,6-8H2,(H,15,16). The van der Waals surface area contributed by atoms with Gasteiger partial charge < -0.3 is 5.11 Å². The fraction of sp³-hybridized carbons (Fsp3) is 0.500. The van der Waals surface area contributed by atoms with Crippen LogP contribution < -0.4 is 0 Å². The van der Waals surface area contributed by atoms with Gasteiger partial charge in [0.05, 0.1) is 5.92 Å². The van der Waals surface area contributed by atoms with Crippen LogP contribution in [0.2, 0.25) is 0 Å². The largest absolute Gasteiger partial charge is 0.481 e. The number of hydrogen-bond acceptors (Lipinski definition) is 1. The van der Waals surface area contributed by atoms with Gasteiger partial charge in [-0.2, -0.15) is 0 Å². The zero-order chi connectivity index (χ0) is 11.1. The number of fused-ring (bicyclic) bond motifs is 2. The second kappa shape index (κ2) is 3.62. The molecule has 0 spiro atoms. The monoisotopic (exact) mass is 216 g/mol. The maximum absolute atomic E-state index is 11.4. The first-order valence-electron chi connectivity index (χ1n) is 6.05. The van der Waals surface area contributed by atoms with E-state index in [1.165, 1.54) is 12.0 Å². The summed E-state index contributed by atoms with van der Waals surface area (Å²) in [5.41, 5.74) is 1.22. The number of carbonyl (C=O) groups is 1. The summed E-state index contributed by atoms with van der Waals surface area (Å²) in [6.45, 7) is 0. The molecule has 0 aromatic heterocycles. The first-order chi connectivity index (χ1) is 7.77. The molecule has 2 saturated carbocycles. The number of benzene rings is 1. The Morgan fingerprint density at radius 3 is 2.50 bits per heavy atom. The van der Waals surface area contributed by atoms with Crippen molar-refractivity contribution in [2.45, 2.75) is 25.2 Å². The number of hydrogen-bond donors (Lipinski definition) is 1. The van der Waals surface area contributed by atoms with Gasteiger partial charge in [0.15, 0.2) is 0 Å². The van der Waals surface area contributed by atoms with Crippen LogP contribution in [-0.4, -0.2) is 11.1 Å². The molecule has 4 atom stereocenters. The quantitative estimate of drug-likeness (QED) is 0.825. The molecule has 2 aliphatic carbocycles. The molecule has 2 nitrogen and oxygen atoms in total. The molecule has 0 heterocycles. The first kappa shape index (κ1) is 9.88. The zero-order valence-corrected chi connectivity index (χ0v) is 9.17. The molecule has 2 bridgehead atoms. The van der Waals surface area contributed by atoms with Gasteiger partial charge in [-0.1, -0.05) is 30.3 Å². The maximum atomic E-state index is 11.4. The van der Waals surface area contributed by atoms with Crippen molar-refractivity contribution >= 4 is 5.97 Å². The van der Waals surface area contributed by atoms with E-state index in [-0.39, 0.29) is 11.8 Å². The molecule has 3 rings (SSSR count). The van der Waals surface area contributed by atoms with E-state index in [9.17, 15) is 9.90 Å². The molecule has 0 radical (unpaired) electrons. The molecule has 2 aliphatic rings. The van der Waals surface area contributed by atoms with Crippen molar-refractivity contribution in [3.05, 3.63) is 35.9 Å². The number of carboxylic acids is 1. The lowest BCUT2D eigenvalue weighted by molar-refractivity contribution is -0.144. The second-order valence-corrected chi connectivity index (χ2v) is 5.13. The van der Waals surface area contributed by atoms with Gasteiger partial charge in [-0.25, -0.2) is 0 Å². The third-order valence-electron chi connectivity index (χ3n) is 4.39. The predicted octanol–water partition coefficient (Wildman–Crippen LogP) is 2.90. The summed E-state index contributed by atoms with van der Waals surface area (Å²) in [5.74, 6) is 0.556. The van der Waals surface area contributed by atoms with Gasteiger partial charge in [-0.15, -0.1) is 0 Å². The molecule has 2 fully saturated rings. The average molecular weight is 216 g/mol. The third-order valence-corrected chi connectivity index (χ3v) is 4.39. The fourth-order valence-corrected chi connectivity index (χ4v) is 3.80. The fourth-order valence-electron chi connectivity index (χ4n) is 3.80. The van der Waals surface area contributed by atoms with Crippen LogP contribution in [0.25, 0.3) is 0 Å². The van der Waals surface area contributed by atoms with Crippen LogP contribution in [-0.2, 0) is 4.79 Å². The summed E-state index contributed by atoms with van der Waals surface area (Å²) in [6.07, 6.45) is 3.45. The summed E-state index contributed by atoms with van der Waals surface area (Å²) in [7, 11) is 0. The van der Waals surface area contributed by atoms with Crippen LogP contribution in [0.4, 0.5) is 0 Å². The lowest BCUT2D eigenvalue weighted by atomic mass is 9.75. The minimum Gasteiger partial charge on any atom is -0.481 e. The Labute approximate surface area is 95.3 Å². The predicted molar refractivity (Wildman–Crippen MR) is 61.1 cm³/mol. The average Bonchev–Trinajstić information content (AvgIpc) is 2.89. The molecule has 1 N–H and O–H groups in total. The molecule has 84 valence electrons. The van der Waals surface area contributed by atoms with E-state index >= 15 is 0 Å². The molecule has 1 aromatic carbocycles. The summed E-state index contributed by atoms with van der Waals surface area (Å²) < 4.78 is 0. The summed E-state index contributed by atoms with van der Waals surface area (Å²) in [6, 6.07) is 10.2. The molecule has 16 heavy (non-hydrogen) atoms. The molecule has 0 amide bonds. The van der Waals surface area contributed by atoms with Crippen molar-refractivity contribution in [1.29, 1.82) is 0 Å². The molecular weight excluding hydrogens is 200 g/mol. The van der Waals surface area contributed by atoms with E-state index in [2.05, 4.69) is 12.1 Å². The normalized spacial score (nSPS) is 36.5. The Morgan fingerprint density at radius 1 is 1.12 bits per heavy atom. The van der Waals surface area contributed by atoms with Gasteiger partial charge in [0.1, 0.15) is 0 Å². The highest BCUT2D eigenvalue weighted by molar-refractivity contribution is 5.72. The van der Waals surface area contributed by atoms with Crippen molar-refractivity contribution in [3.63, 3.8) is 0 Å². The van der Waals surface area contributed by atoms with E-state index in [4.69, 9.17) is 0 Å².